The molecule has 0 radical (unpaired) electrons. The molecular formula is C22H25ClFNO2. The summed E-state index contributed by atoms with van der Waals surface area (Å²) in [6.07, 6.45) is 1.45. The third-order valence-corrected chi connectivity index (χ3v) is 5.60. The van der Waals surface area contributed by atoms with Crippen molar-refractivity contribution in [2.75, 3.05) is 26.7 Å². The summed E-state index contributed by atoms with van der Waals surface area (Å²) in [6.45, 7) is 1.81. The van der Waals surface area contributed by atoms with Crippen LogP contribution in [0.15, 0.2) is 54.6 Å². The predicted octanol–water partition coefficient (Wildman–Crippen LogP) is 4.63. The van der Waals surface area contributed by atoms with Crippen LogP contribution in [0.25, 0.3) is 0 Å². The molecule has 0 aliphatic carbocycles. The zero-order chi connectivity index (χ0) is 19.3. The van der Waals surface area contributed by atoms with Crippen molar-refractivity contribution in [3.8, 4) is 0 Å². The van der Waals surface area contributed by atoms with Crippen LogP contribution in [-0.2, 0) is 21.6 Å². The Morgan fingerprint density at radius 1 is 1.15 bits per heavy atom. The SMILES string of the molecule is COC(=O)C(Cc1ccccc1)CN1CCC(F)(c2ccc(Cl)cc2)CC1. The van der Waals surface area contributed by atoms with Crippen LogP contribution in [0.2, 0.25) is 5.02 Å². The Hall–Kier alpha value is -1.91. The first-order chi connectivity index (χ1) is 13.0. The van der Waals surface area contributed by atoms with Crippen molar-refractivity contribution in [1.82, 2.24) is 4.90 Å². The molecule has 5 heteroatoms. The summed E-state index contributed by atoms with van der Waals surface area (Å²) in [7, 11) is 1.42. The van der Waals surface area contributed by atoms with Crippen LogP contribution in [0, 0.1) is 5.92 Å². The van der Waals surface area contributed by atoms with E-state index in [2.05, 4.69) is 4.90 Å². The number of methoxy groups -OCH3 is 1. The van der Waals surface area contributed by atoms with E-state index in [1.807, 2.05) is 30.3 Å². The number of nitrogens with zero attached hydrogens (tertiary/aromatic N) is 1. The maximum absolute atomic E-state index is 15.4. The van der Waals surface area contributed by atoms with Crippen molar-refractivity contribution in [2.24, 2.45) is 5.92 Å². The van der Waals surface area contributed by atoms with E-state index in [1.165, 1.54) is 7.11 Å². The van der Waals surface area contributed by atoms with Gasteiger partial charge in [-0.1, -0.05) is 54.1 Å². The summed E-state index contributed by atoms with van der Waals surface area (Å²) in [5, 5.41) is 0.613. The second-order valence-electron chi connectivity index (χ2n) is 7.18. The lowest BCUT2D eigenvalue weighted by Gasteiger charge is -2.37. The summed E-state index contributed by atoms with van der Waals surface area (Å²) < 4.78 is 20.4. The van der Waals surface area contributed by atoms with Crippen LogP contribution in [0.4, 0.5) is 4.39 Å². The van der Waals surface area contributed by atoms with Crippen molar-refractivity contribution in [3.63, 3.8) is 0 Å². The number of carbonyl (C=O) groups excluding carboxylic acids is 1. The van der Waals surface area contributed by atoms with Crippen LogP contribution in [0.1, 0.15) is 24.0 Å². The number of esters is 1. The Balaban J connectivity index is 1.61. The molecule has 1 unspecified atom stereocenters. The summed E-state index contributed by atoms with van der Waals surface area (Å²) in [4.78, 5) is 14.4. The van der Waals surface area contributed by atoms with Crippen molar-refractivity contribution >= 4 is 17.6 Å². The molecule has 27 heavy (non-hydrogen) atoms. The first kappa shape index (κ1) is 19.8. The van der Waals surface area contributed by atoms with E-state index >= 15 is 4.39 Å². The van der Waals surface area contributed by atoms with Gasteiger partial charge < -0.3 is 9.64 Å². The lowest BCUT2D eigenvalue weighted by Crippen LogP contribution is -2.44. The van der Waals surface area contributed by atoms with E-state index in [9.17, 15) is 4.79 Å². The third kappa shape index (κ3) is 5.08. The van der Waals surface area contributed by atoms with Crippen LogP contribution in [0.3, 0.4) is 0 Å². The highest BCUT2D eigenvalue weighted by molar-refractivity contribution is 6.30. The molecule has 3 nitrogen and oxygen atoms in total. The van der Waals surface area contributed by atoms with Gasteiger partial charge in [0.1, 0.15) is 5.67 Å². The van der Waals surface area contributed by atoms with E-state index in [-0.39, 0.29) is 11.9 Å². The second kappa shape index (κ2) is 8.85. The van der Waals surface area contributed by atoms with Crippen LogP contribution in [0.5, 0.6) is 0 Å². The molecule has 3 rings (SSSR count). The van der Waals surface area contributed by atoms with Crippen LogP contribution >= 0.6 is 11.6 Å². The number of likely N-dealkylation sites (tertiary alicyclic amines) is 1. The minimum Gasteiger partial charge on any atom is -0.469 e. The van der Waals surface area contributed by atoms with Gasteiger partial charge in [-0.25, -0.2) is 4.39 Å². The number of piperidine rings is 1. The Morgan fingerprint density at radius 3 is 2.37 bits per heavy atom. The number of ether oxygens (including phenoxy) is 1. The number of hydrogen-bond acceptors (Lipinski definition) is 3. The highest BCUT2D eigenvalue weighted by atomic mass is 35.5. The molecule has 1 aliphatic rings. The predicted molar refractivity (Wildman–Crippen MR) is 106 cm³/mol. The van der Waals surface area contributed by atoms with E-state index in [4.69, 9.17) is 16.3 Å². The third-order valence-electron chi connectivity index (χ3n) is 5.35. The fourth-order valence-electron chi connectivity index (χ4n) is 3.73. The average molecular weight is 390 g/mol. The summed E-state index contributed by atoms with van der Waals surface area (Å²) in [5.41, 5.74) is 0.452. The van der Waals surface area contributed by atoms with E-state index in [0.717, 1.165) is 5.56 Å². The summed E-state index contributed by atoms with van der Waals surface area (Å²) in [6, 6.07) is 16.9. The number of hydrogen-bond donors (Lipinski definition) is 0. The van der Waals surface area contributed by atoms with E-state index in [1.54, 1.807) is 24.3 Å². The van der Waals surface area contributed by atoms with Crippen LogP contribution < -0.4 is 0 Å². The van der Waals surface area contributed by atoms with Gasteiger partial charge in [-0.3, -0.25) is 4.79 Å². The molecule has 0 spiro atoms. The topological polar surface area (TPSA) is 29.5 Å². The van der Waals surface area contributed by atoms with Gasteiger partial charge in [0.05, 0.1) is 13.0 Å². The molecule has 1 saturated heterocycles. The maximum Gasteiger partial charge on any atom is 0.310 e. The number of carbonyl (C=O) groups is 1. The van der Waals surface area contributed by atoms with Crippen molar-refractivity contribution in [3.05, 3.63) is 70.7 Å². The number of alkyl halides is 1. The number of halogens is 2. The Morgan fingerprint density at radius 2 is 1.78 bits per heavy atom. The molecule has 0 aromatic heterocycles. The fourth-order valence-corrected chi connectivity index (χ4v) is 3.85. The minimum absolute atomic E-state index is 0.214. The van der Waals surface area contributed by atoms with Gasteiger partial charge in [-0.05, 0) is 42.5 Å². The molecule has 1 heterocycles. The molecule has 0 N–H and O–H groups in total. The first-order valence-corrected chi connectivity index (χ1v) is 9.67. The Kier molecular flexibility index (Phi) is 6.51. The van der Waals surface area contributed by atoms with Gasteiger partial charge >= 0.3 is 5.97 Å². The van der Waals surface area contributed by atoms with Gasteiger partial charge in [0.25, 0.3) is 0 Å². The molecule has 1 atom stereocenters. The van der Waals surface area contributed by atoms with Gasteiger partial charge in [0.2, 0.25) is 0 Å². The second-order valence-corrected chi connectivity index (χ2v) is 7.62. The standard InChI is InChI=1S/C22H25ClFNO2/c1-27-21(26)18(15-17-5-3-2-4-6-17)16-25-13-11-22(24,12-14-25)19-7-9-20(23)10-8-19/h2-10,18H,11-16H2,1H3. The highest BCUT2D eigenvalue weighted by Crippen LogP contribution is 2.37. The minimum atomic E-state index is -1.33. The zero-order valence-electron chi connectivity index (χ0n) is 15.5. The van der Waals surface area contributed by atoms with Crippen molar-refractivity contribution in [1.29, 1.82) is 0 Å². The number of benzene rings is 2. The molecule has 1 aliphatic heterocycles. The monoisotopic (exact) mass is 389 g/mol. The highest BCUT2D eigenvalue weighted by Gasteiger charge is 2.37. The van der Waals surface area contributed by atoms with Gasteiger partial charge in [0, 0.05) is 24.7 Å². The van der Waals surface area contributed by atoms with Gasteiger partial charge in [0.15, 0.2) is 0 Å². The quantitative estimate of drug-likeness (QED) is 0.674. The summed E-state index contributed by atoms with van der Waals surface area (Å²) in [5.74, 6) is -0.464. The lowest BCUT2D eigenvalue weighted by atomic mass is 9.85. The lowest BCUT2D eigenvalue weighted by molar-refractivity contribution is -0.146. The molecule has 2 aromatic carbocycles. The molecule has 0 saturated carbocycles. The molecule has 0 bridgehead atoms. The average Bonchev–Trinajstić information content (AvgIpc) is 2.70. The Bertz CT molecular complexity index is 743. The maximum atomic E-state index is 15.4. The van der Waals surface area contributed by atoms with Gasteiger partial charge in [-0.15, -0.1) is 0 Å². The van der Waals surface area contributed by atoms with Gasteiger partial charge in [-0.2, -0.15) is 0 Å². The van der Waals surface area contributed by atoms with Crippen molar-refractivity contribution in [2.45, 2.75) is 24.9 Å². The molecule has 144 valence electrons. The molecular weight excluding hydrogens is 365 g/mol. The normalized spacial score (nSPS) is 18.0. The van der Waals surface area contributed by atoms with E-state index < -0.39 is 5.67 Å². The van der Waals surface area contributed by atoms with Crippen LogP contribution in [-0.4, -0.2) is 37.6 Å². The smallest absolute Gasteiger partial charge is 0.310 e. The van der Waals surface area contributed by atoms with Crippen molar-refractivity contribution < 1.29 is 13.9 Å². The van der Waals surface area contributed by atoms with E-state index in [0.29, 0.717) is 49.5 Å². The number of rotatable bonds is 6. The molecule has 2 aromatic rings. The largest absolute Gasteiger partial charge is 0.469 e. The zero-order valence-corrected chi connectivity index (χ0v) is 16.3. The molecule has 1 fully saturated rings. The summed E-state index contributed by atoms with van der Waals surface area (Å²) >= 11 is 5.91. The fraction of sp³-hybridized carbons (Fsp3) is 0.409. The Labute approximate surface area is 165 Å². The molecule has 0 amide bonds. The first-order valence-electron chi connectivity index (χ1n) is 9.29.